The van der Waals surface area contributed by atoms with Crippen molar-refractivity contribution in [1.82, 2.24) is 30.0 Å². The molecule has 5 aromatic rings. The molecule has 2 aliphatic rings. The maximum Gasteiger partial charge on any atom is 0.293 e. The second-order valence-electron chi connectivity index (χ2n) is 10.9. The van der Waals surface area contributed by atoms with Crippen molar-refractivity contribution < 1.29 is 31.1 Å². The summed E-state index contributed by atoms with van der Waals surface area (Å²) in [5.74, 6) is -7.65. The summed E-state index contributed by atoms with van der Waals surface area (Å²) < 4.78 is 86.4. The Kier molecular flexibility index (Phi) is 6.29. The molecule has 1 aromatic carbocycles. The van der Waals surface area contributed by atoms with Crippen LogP contribution in [0.1, 0.15) is 53.0 Å². The van der Waals surface area contributed by atoms with Crippen LogP contribution < -0.4 is 5.32 Å². The third-order valence-electron chi connectivity index (χ3n) is 8.04. The highest BCUT2D eigenvalue weighted by Crippen LogP contribution is 2.68. The second-order valence-corrected chi connectivity index (χ2v) is 10.9. The molecule has 2 aliphatic carbocycles. The Morgan fingerprint density at radius 1 is 1.09 bits per heavy atom. The minimum Gasteiger partial charge on any atom is -0.360 e. The van der Waals surface area contributed by atoms with Gasteiger partial charge >= 0.3 is 0 Å². The normalized spacial score (nSPS) is 19.0. The van der Waals surface area contributed by atoms with E-state index in [-0.39, 0.29) is 24.0 Å². The number of carbonyl (C=O) groups is 1. The van der Waals surface area contributed by atoms with E-state index in [1.165, 1.54) is 6.20 Å². The molecule has 7 nitrogen and oxygen atoms in total. The van der Waals surface area contributed by atoms with Gasteiger partial charge in [-0.15, -0.1) is 0 Å². The molecular formula is C30H22F6N6O. The molecule has 0 radical (unpaired) electrons. The van der Waals surface area contributed by atoms with Crippen molar-refractivity contribution >= 4 is 16.9 Å². The largest absolute Gasteiger partial charge is 0.360 e. The van der Waals surface area contributed by atoms with Gasteiger partial charge in [-0.2, -0.15) is 13.9 Å². The zero-order valence-corrected chi connectivity index (χ0v) is 22.2. The lowest BCUT2D eigenvalue weighted by Gasteiger charge is -2.22. The highest BCUT2D eigenvalue weighted by molar-refractivity contribution is 5.82. The van der Waals surface area contributed by atoms with Crippen LogP contribution in [0.5, 0.6) is 0 Å². The zero-order chi connectivity index (χ0) is 30.0. The summed E-state index contributed by atoms with van der Waals surface area (Å²) in [6, 6.07) is 8.96. The summed E-state index contributed by atoms with van der Waals surface area (Å²) in [6.45, 7) is -0.768. The second kappa shape index (κ2) is 9.96. The average molecular weight is 597 g/mol. The number of carbonyl (C=O) groups excluding carboxylic acids is 1. The van der Waals surface area contributed by atoms with Crippen LogP contribution in [-0.4, -0.2) is 30.6 Å². The van der Waals surface area contributed by atoms with Crippen LogP contribution in [0.25, 0.3) is 22.2 Å². The molecule has 43 heavy (non-hydrogen) atoms. The molecule has 7 rings (SSSR count). The lowest BCUT2D eigenvalue weighted by Crippen LogP contribution is -2.35. The fourth-order valence-electron chi connectivity index (χ4n) is 6.15. The average Bonchev–Trinajstić information content (AvgIpc) is 3.36. The minimum atomic E-state index is -3.39. The molecule has 1 amide bonds. The number of hydrogen-bond acceptors (Lipinski definition) is 4. The van der Waals surface area contributed by atoms with Gasteiger partial charge in [0.15, 0.2) is 0 Å². The number of nitrogens with one attached hydrogen (secondary N) is 2. The molecular weight excluding hydrogens is 574 g/mol. The molecule has 3 atom stereocenters. The van der Waals surface area contributed by atoms with Crippen LogP contribution in [0, 0.1) is 17.6 Å². The molecule has 0 saturated heterocycles. The van der Waals surface area contributed by atoms with Gasteiger partial charge in [0.05, 0.1) is 22.8 Å². The predicted octanol–water partition coefficient (Wildman–Crippen LogP) is 6.35. The Morgan fingerprint density at radius 3 is 2.65 bits per heavy atom. The SMILES string of the molecule is O=C(Cn1nc(C(F)F)c2c1C(F)(F)C1CC21)N[C@@H](Cc1cc(F)cc(F)c1)c1ncccc1-c1cnc2cc[nH]c2c1. The monoisotopic (exact) mass is 596 g/mol. The smallest absolute Gasteiger partial charge is 0.293 e. The fourth-order valence-corrected chi connectivity index (χ4v) is 6.15. The third kappa shape index (κ3) is 4.72. The number of pyridine rings is 2. The standard InChI is InChI=1S/C30H22F6N6O/c31-16-6-14(7-17(32)10-16)8-23(26-18(2-1-4-38-26)15-9-22-21(39-12-15)3-5-37-22)40-24(43)13-42-28-25(27(41-42)29(33)34)19-11-20(19)30(28,35)36/h1-7,9-10,12,19-20,23,29,37H,8,11,13H2,(H,40,43)/t19?,20?,23-/m0/s1. The van der Waals surface area contributed by atoms with Gasteiger partial charge in [0.1, 0.15) is 29.6 Å². The molecule has 220 valence electrons. The van der Waals surface area contributed by atoms with E-state index >= 15 is 8.78 Å². The van der Waals surface area contributed by atoms with E-state index in [2.05, 4.69) is 25.4 Å². The zero-order valence-electron chi connectivity index (χ0n) is 22.2. The summed E-state index contributed by atoms with van der Waals surface area (Å²) in [5.41, 5.74) is 1.59. The van der Waals surface area contributed by atoms with Crippen molar-refractivity contribution in [2.45, 2.75) is 43.7 Å². The number of halogens is 6. The molecule has 0 spiro atoms. The first-order valence-electron chi connectivity index (χ1n) is 13.5. The Labute approximate surface area is 240 Å². The van der Waals surface area contributed by atoms with E-state index in [9.17, 15) is 22.4 Å². The molecule has 1 saturated carbocycles. The topological polar surface area (TPSA) is 88.5 Å². The van der Waals surface area contributed by atoms with Crippen LogP contribution >= 0.6 is 0 Å². The van der Waals surface area contributed by atoms with Crippen molar-refractivity contribution in [2.75, 3.05) is 0 Å². The van der Waals surface area contributed by atoms with Gasteiger partial charge in [-0.25, -0.2) is 17.6 Å². The van der Waals surface area contributed by atoms with Crippen molar-refractivity contribution in [3.63, 3.8) is 0 Å². The van der Waals surface area contributed by atoms with E-state index in [0.717, 1.165) is 23.2 Å². The summed E-state index contributed by atoms with van der Waals surface area (Å²) in [4.78, 5) is 25.4. The van der Waals surface area contributed by atoms with Gasteiger partial charge in [-0.3, -0.25) is 19.4 Å². The van der Waals surface area contributed by atoms with E-state index in [0.29, 0.717) is 27.6 Å². The van der Waals surface area contributed by atoms with E-state index in [1.54, 1.807) is 30.6 Å². The Balaban J connectivity index is 1.25. The van der Waals surface area contributed by atoms with Crippen LogP contribution in [0.2, 0.25) is 0 Å². The van der Waals surface area contributed by atoms with Gasteiger partial charge in [-0.05, 0) is 54.7 Å². The first kappa shape index (κ1) is 27.2. The number of benzene rings is 1. The fraction of sp³-hybridized carbons (Fsp3) is 0.267. The van der Waals surface area contributed by atoms with Crippen molar-refractivity contribution in [3.05, 3.63) is 101 Å². The van der Waals surface area contributed by atoms with E-state index in [4.69, 9.17) is 0 Å². The van der Waals surface area contributed by atoms with Crippen molar-refractivity contribution in [2.24, 2.45) is 5.92 Å². The third-order valence-corrected chi connectivity index (χ3v) is 8.04. The number of aromatic amines is 1. The lowest BCUT2D eigenvalue weighted by atomic mass is 9.96. The number of amides is 1. The van der Waals surface area contributed by atoms with Gasteiger partial charge in [0, 0.05) is 47.3 Å². The first-order chi connectivity index (χ1) is 20.6. The molecule has 1 fully saturated rings. The van der Waals surface area contributed by atoms with E-state index in [1.807, 2.05) is 6.07 Å². The molecule has 2 unspecified atom stereocenters. The number of rotatable bonds is 8. The highest BCUT2D eigenvalue weighted by atomic mass is 19.3. The maximum absolute atomic E-state index is 15.1. The van der Waals surface area contributed by atoms with Gasteiger partial charge in [0.2, 0.25) is 5.91 Å². The van der Waals surface area contributed by atoms with Crippen molar-refractivity contribution in [3.8, 4) is 11.1 Å². The number of fused-ring (bicyclic) bond motifs is 4. The minimum absolute atomic E-state index is 0.0927. The number of hydrogen-bond donors (Lipinski definition) is 2. The molecule has 13 heteroatoms. The Bertz CT molecular complexity index is 1860. The van der Waals surface area contributed by atoms with Crippen LogP contribution in [0.4, 0.5) is 26.3 Å². The molecule has 4 heterocycles. The maximum atomic E-state index is 15.1. The lowest BCUT2D eigenvalue weighted by molar-refractivity contribution is -0.123. The number of aromatic nitrogens is 5. The summed E-state index contributed by atoms with van der Waals surface area (Å²) >= 11 is 0. The molecule has 0 aliphatic heterocycles. The highest BCUT2D eigenvalue weighted by Gasteiger charge is 2.67. The number of nitrogens with zero attached hydrogens (tertiary/aromatic N) is 4. The molecule has 4 aromatic heterocycles. The summed E-state index contributed by atoms with van der Waals surface area (Å²) in [5, 5.41) is 6.44. The number of H-pyrrole nitrogens is 1. The molecule has 2 N–H and O–H groups in total. The number of alkyl halides is 4. The van der Waals surface area contributed by atoms with Crippen LogP contribution in [-0.2, 0) is 23.7 Å². The summed E-state index contributed by atoms with van der Waals surface area (Å²) in [7, 11) is 0. The van der Waals surface area contributed by atoms with Gasteiger partial charge in [0.25, 0.3) is 12.3 Å². The quantitative estimate of drug-likeness (QED) is 0.205. The first-order valence-corrected chi connectivity index (χ1v) is 13.5. The van der Waals surface area contributed by atoms with Crippen LogP contribution in [0.15, 0.2) is 61.1 Å². The Hall–Kier alpha value is -4.68. The van der Waals surface area contributed by atoms with Gasteiger partial charge in [-0.1, -0.05) is 6.07 Å². The van der Waals surface area contributed by atoms with Crippen molar-refractivity contribution in [1.29, 1.82) is 0 Å². The van der Waals surface area contributed by atoms with Gasteiger partial charge < -0.3 is 10.3 Å². The Morgan fingerprint density at radius 2 is 1.88 bits per heavy atom. The molecule has 0 bridgehead atoms. The summed E-state index contributed by atoms with van der Waals surface area (Å²) in [6.07, 6.45) is 1.71. The van der Waals surface area contributed by atoms with Crippen LogP contribution in [0.3, 0.4) is 0 Å². The van der Waals surface area contributed by atoms with E-state index < -0.39 is 65.7 Å². The predicted molar refractivity (Wildman–Crippen MR) is 142 cm³/mol.